The molecule has 102 valence electrons. The zero-order valence-electron chi connectivity index (χ0n) is 10.7. The second kappa shape index (κ2) is 5.87. The zero-order valence-corrected chi connectivity index (χ0v) is 10.7. The highest BCUT2D eigenvalue weighted by molar-refractivity contribution is 5.42. The highest BCUT2D eigenvalue weighted by Gasteiger charge is 2.24. The minimum atomic E-state index is -0.321. The van der Waals surface area contributed by atoms with Gasteiger partial charge in [0.1, 0.15) is 13.5 Å². The summed E-state index contributed by atoms with van der Waals surface area (Å²) in [6.07, 6.45) is 0. The van der Waals surface area contributed by atoms with Crippen LogP contribution in [0.5, 0.6) is 0 Å². The van der Waals surface area contributed by atoms with Crippen molar-refractivity contribution in [1.29, 1.82) is 0 Å². The second-order valence-corrected chi connectivity index (χ2v) is 4.26. The van der Waals surface area contributed by atoms with E-state index in [1.54, 1.807) is 21.1 Å². The monoisotopic (exact) mass is 259 g/mol. The molecule has 0 aromatic carbocycles. The minimum Gasteiger partial charge on any atom is -0.376 e. The lowest BCUT2D eigenvalue weighted by molar-refractivity contribution is 0.152. The maximum absolute atomic E-state index is 9.29. The van der Waals surface area contributed by atoms with Crippen LogP contribution in [-0.4, -0.2) is 71.6 Å². The predicted octanol–water partition coefficient (Wildman–Crippen LogP) is -1.86. The van der Waals surface area contributed by atoms with Crippen LogP contribution >= 0.6 is 0 Å². The first-order chi connectivity index (χ1) is 8.44. The summed E-state index contributed by atoms with van der Waals surface area (Å²) in [5, 5.41) is 29.7. The average molecular weight is 259 g/mol. The number of aliphatic hydroxyl groups excluding tert-OH is 3. The fourth-order valence-corrected chi connectivity index (χ4v) is 1.07. The molecule has 0 unspecified atom stereocenters. The van der Waals surface area contributed by atoms with Gasteiger partial charge in [-0.15, -0.1) is 9.97 Å². The third-order valence-electron chi connectivity index (χ3n) is 2.30. The molecule has 0 bridgehead atoms. The molecule has 9 heteroatoms. The number of aromatic nitrogens is 3. The first-order valence-electron chi connectivity index (χ1n) is 5.32. The molecule has 0 saturated carbocycles. The largest absolute Gasteiger partial charge is 0.376 e. The molecule has 0 fully saturated rings. The summed E-state index contributed by atoms with van der Waals surface area (Å²) < 4.78 is 0.0366. The Balaban J connectivity index is 3.21. The van der Waals surface area contributed by atoms with Gasteiger partial charge in [-0.25, -0.2) is 4.48 Å². The van der Waals surface area contributed by atoms with Crippen molar-refractivity contribution in [1.82, 2.24) is 19.4 Å². The number of aliphatic hydroxyl groups is 3. The molecule has 0 aliphatic heterocycles. The number of nitrogens with one attached hydrogen (secondary N) is 1. The van der Waals surface area contributed by atoms with Crippen molar-refractivity contribution in [3.63, 3.8) is 0 Å². The van der Waals surface area contributed by atoms with Gasteiger partial charge in [0.05, 0.1) is 14.1 Å². The van der Waals surface area contributed by atoms with E-state index in [0.717, 1.165) is 0 Å². The first kappa shape index (κ1) is 14.5. The lowest BCUT2D eigenvalue weighted by atomic mass is 10.6. The van der Waals surface area contributed by atoms with Crippen molar-refractivity contribution in [2.24, 2.45) is 0 Å². The summed E-state index contributed by atoms with van der Waals surface area (Å²) in [6, 6.07) is 0. The van der Waals surface area contributed by atoms with Gasteiger partial charge in [0, 0.05) is 7.05 Å². The van der Waals surface area contributed by atoms with E-state index >= 15 is 0 Å². The summed E-state index contributed by atoms with van der Waals surface area (Å²) in [5.74, 6) is 0.745. The molecule has 0 atom stereocenters. The Morgan fingerprint density at radius 2 is 1.83 bits per heavy atom. The molecule has 1 heterocycles. The quantitative estimate of drug-likeness (QED) is 0.347. The van der Waals surface area contributed by atoms with Crippen molar-refractivity contribution in [2.75, 3.05) is 51.6 Å². The second-order valence-electron chi connectivity index (χ2n) is 4.26. The van der Waals surface area contributed by atoms with Gasteiger partial charge < -0.3 is 25.5 Å². The topological polar surface area (TPSA) is 115 Å². The Morgan fingerprint density at radius 1 is 1.17 bits per heavy atom. The Bertz CT molecular complexity index is 400. The van der Waals surface area contributed by atoms with Crippen molar-refractivity contribution in [3.8, 4) is 0 Å². The summed E-state index contributed by atoms with van der Waals surface area (Å²) in [6.45, 7) is -0.766. The van der Waals surface area contributed by atoms with Crippen molar-refractivity contribution in [3.05, 3.63) is 0 Å². The molecule has 4 N–H and O–H groups in total. The highest BCUT2D eigenvalue weighted by Crippen LogP contribution is 2.17. The molecule has 0 radical (unpaired) electrons. The average Bonchev–Trinajstić information content (AvgIpc) is 2.37. The van der Waals surface area contributed by atoms with E-state index in [1.165, 1.54) is 4.90 Å². The van der Waals surface area contributed by atoms with E-state index in [0.29, 0.717) is 5.95 Å². The van der Waals surface area contributed by atoms with Crippen molar-refractivity contribution in [2.45, 2.75) is 0 Å². The zero-order chi connectivity index (χ0) is 13.8. The fourth-order valence-electron chi connectivity index (χ4n) is 1.07. The van der Waals surface area contributed by atoms with Gasteiger partial charge in [-0.2, -0.15) is 4.98 Å². The van der Waals surface area contributed by atoms with E-state index < -0.39 is 0 Å². The van der Waals surface area contributed by atoms with Gasteiger partial charge in [0.15, 0.2) is 6.73 Å². The van der Waals surface area contributed by atoms with Crippen LogP contribution in [0.2, 0.25) is 0 Å². The molecular weight excluding hydrogens is 240 g/mol. The lowest BCUT2D eigenvalue weighted by Gasteiger charge is -2.24. The summed E-state index contributed by atoms with van der Waals surface area (Å²) >= 11 is 0. The molecule has 1 aromatic heterocycles. The SMILES string of the molecule is CN(CO)c1nc(NCO)nc([N+](C)(C)CO)n1. The van der Waals surface area contributed by atoms with Crippen LogP contribution in [0.15, 0.2) is 0 Å². The number of nitrogens with zero attached hydrogens (tertiary/aromatic N) is 5. The molecule has 1 aromatic rings. The predicted molar refractivity (Wildman–Crippen MR) is 66.8 cm³/mol. The molecular formula is C9H19N6O3+. The van der Waals surface area contributed by atoms with Crippen LogP contribution in [0.3, 0.4) is 0 Å². The number of hydrogen-bond acceptors (Lipinski definition) is 8. The van der Waals surface area contributed by atoms with Crippen LogP contribution < -0.4 is 14.7 Å². The fraction of sp³-hybridized carbons (Fsp3) is 0.667. The van der Waals surface area contributed by atoms with Crippen LogP contribution in [0.1, 0.15) is 0 Å². The first-order valence-corrected chi connectivity index (χ1v) is 5.32. The summed E-state index contributed by atoms with van der Waals surface area (Å²) in [7, 11) is 5.06. The van der Waals surface area contributed by atoms with Crippen LogP contribution in [-0.2, 0) is 0 Å². The summed E-state index contributed by atoms with van der Waals surface area (Å²) in [4.78, 5) is 13.7. The lowest BCUT2D eigenvalue weighted by Crippen LogP contribution is -2.43. The van der Waals surface area contributed by atoms with Gasteiger partial charge in [-0.3, -0.25) is 0 Å². The normalized spacial score (nSPS) is 11.4. The molecule has 0 saturated heterocycles. The van der Waals surface area contributed by atoms with Gasteiger partial charge in [0.2, 0.25) is 11.9 Å². The van der Waals surface area contributed by atoms with Gasteiger partial charge in [-0.1, -0.05) is 0 Å². The maximum atomic E-state index is 9.29. The highest BCUT2D eigenvalue weighted by atomic mass is 16.3. The van der Waals surface area contributed by atoms with Crippen molar-refractivity contribution >= 4 is 17.8 Å². The van der Waals surface area contributed by atoms with E-state index in [1.807, 2.05) is 0 Å². The Kier molecular flexibility index (Phi) is 4.73. The number of anilines is 2. The van der Waals surface area contributed by atoms with E-state index in [9.17, 15) is 5.11 Å². The maximum Gasteiger partial charge on any atom is 0.337 e. The molecule has 0 spiro atoms. The Labute approximate surface area is 105 Å². The molecule has 1 rings (SSSR count). The molecule has 18 heavy (non-hydrogen) atoms. The Hall–Kier alpha value is -1.55. The minimum absolute atomic E-state index is 0.0366. The molecule has 0 amide bonds. The van der Waals surface area contributed by atoms with Crippen LogP contribution in [0, 0.1) is 0 Å². The van der Waals surface area contributed by atoms with Crippen molar-refractivity contribution < 1.29 is 15.3 Å². The van der Waals surface area contributed by atoms with E-state index in [4.69, 9.17) is 10.2 Å². The molecule has 9 nitrogen and oxygen atoms in total. The third-order valence-corrected chi connectivity index (χ3v) is 2.30. The van der Waals surface area contributed by atoms with Crippen LogP contribution in [0.25, 0.3) is 0 Å². The standard InChI is InChI=1S/C9H19N6O3/c1-14(5-17)8-11-7(10-4-16)12-9(13-8)15(2,3)6-18/h16-18H,4-6H2,1-3H3,(H,10,11,12,13)/q+1. The number of quaternary nitrogens is 1. The third kappa shape index (κ3) is 3.23. The smallest absolute Gasteiger partial charge is 0.337 e. The number of rotatable bonds is 6. The summed E-state index contributed by atoms with van der Waals surface area (Å²) in [5.41, 5.74) is 0. The van der Waals surface area contributed by atoms with E-state index in [2.05, 4.69) is 20.3 Å². The van der Waals surface area contributed by atoms with Gasteiger partial charge >= 0.3 is 5.95 Å². The van der Waals surface area contributed by atoms with E-state index in [-0.39, 0.29) is 36.6 Å². The Morgan fingerprint density at radius 3 is 2.33 bits per heavy atom. The number of hydrogen-bond donors (Lipinski definition) is 4. The molecule has 0 aliphatic rings. The van der Waals surface area contributed by atoms with Gasteiger partial charge in [-0.05, 0) is 0 Å². The molecule has 0 aliphatic carbocycles. The van der Waals surface area contributed by atoms with Gasteiger partial charge in [0.25, 0.3) is 0 Å². The van der Waals surface area contributed by atoms with Crippen LogP contribution in [0.4, 0.5) is 17.8 Å².